The van der Waals surface area contributed by atoms with Crippen molar-refractivity contribution in [3.05, 3.63) is 57.4 Å². The van der Waals surface area contributed by atoms with Crippen molar-refractivity contribution in [1.29, 1.82) is 10.5 Å². The third-order valence-electron chi connectivity index (χ3n) is 3.12. The Balaban J connectivity index is 2.69. The molecule has 0 radical (unpaired) electrons. The van der Waals surface area contributed by atoms with Crippen LogP contribution in [0, 0.1) is 29.6 Å². The molecule has 0 amide bonds. The quantitative estimate of drug-likeness (QED) is 0.680. The fraction of sp³-hybridized carbons (Fsp3) is 0.143. The lowest BCUT2D eigenvalue weighted by Gasteiger charge is -2.26. The van der Waals surface area contributed by atoms with Crippen LogP contribution in [0.5, 0.6) is 0 Å². The summed E-state index contributed by atoms with van der Waals surface area (Å²) in [6, 6.07) is 11.8. The topological polar surface area (TPSA) is 85.6 Å². The van der Waals surface area contributed by atoms with Crippen LogP contribution < -0.4 is 11.1 Å². The number of hydrogen-bond donors (Lipinski definition) is 3. The number of nitrogens with zero attached hydrogens (tertiary/aromatic N) is 2. The van der Waals surface area contributed by atoms with E-state index in [0.717, 1.165) is 11.1 Å². The minimum Gasteiger partial charge on any atom is -0.384 e. The summed E-state index contributed by atoms with van der Waals surface area (Å²) < 4.78 is 0. The smallest absolute Gasteiger partial charge is 0.116 e. The highest BCUT2D eigenvalue weighted by molar-refractivity contribution is 7.84. The zero-order valence-corrected chi connectivity index (χ0v) is 11.2. The first-order valence-electron chi connectivity index (χ1n) is 5.65. The molecule has 1 aromatic carbocycles. The molecule has 0 fully saturated rings. The number of nitrogens with two attached hydrogens (primary N) is 1. The lowest BCUT2D eigenvalue weighted by atomic mass is 9.82. The molecule has 1 heterocycles. The number of aryl methyl sites for hydroxylation is 1. The van der Waals surface area contributed by atoms with Gasteiger partial charge >= 0.3 is 0 Å². The summed E-state index contributed by atoms with van der Waals surface area (Å²) in [5, 5.41) is 21.8. The van der Waals surface area contributed by atoms with Crippen molar-refractivity contribution >= 4 is 12.6 Å². The van der Waals surface area contributed by atoms with Gasteiger partial charge in [0, 0.05) is 0 Å². The number of allylic oxidation sites excluding steroid dienone is 2. The van der Waals surface area contributed by atoms with E-state index in [9.17, 15) is 10.5 Å². The van der Waals surface area contributed by atoms with Crippen molar-refractivity contribution in [3.63, 3.8) is 0 Å². The lowest BCUT2D eigenvalue weighted by molar-refractivity contribution is 0.837. The largest absolute Gasteiger partial charge is 0.384 e. The van der Waals surface area contributed by atoms with E-state index in [0.29, 0.717) is 16.2 Å². The van der Waals surface area contributed by atoms with Crippen LogP contribution in [0.3, 0.4) is 0 Å². The van der Waals surface area contributed by atoms with E-state index in [1.807, 2.05) is 31.2 Å². The van der Waals surface area contributed by atoms with E-state index in [2.05, 4.69) is 30.1 Å². The predicted octanol–water partition coefficient (Wildman–Crippen LogP) is 2.04. The molecular weight excluding hydrogens is 256 g/mol. The zero-order chi connectivity index (χ0) is 14.0. The number of nitrogens with one attached hydrogen (secondary N) is 1. The van der Waals surface area contributed by atoms with Crippen LogP contribution in [0.2, 0.25) is 0 Å². The van der Waals surface area contributed by atoms with E-state index in [-0.39, 0.29) is 5.82 Å². The van der Waals surface area contributed by atoms with Crippen LogP contribution in [0.15, 0.2) is 46.3 Å². The molecule has 19 heavy (non-hydrogen) atoms. The molecule has 0 aromatic heterocycles. The van der Waals surface area contributed by atoms with Gasteiger partial charge in [0.2, 0.25) is 0 Å². The van der Waals surface area contributed by atoms with Crippen LogP contribution >= 0.6 is 12.6 Å². The summed E-state index contributed by atoms with van der Waals surface area (Å²) in [7, 11) is 0. The average Bonchev–Trinajstić information content (AvgIpc) is 2.38. The molecule has 0 saturated carbocycles. The first kappa shape index (κ1) is 13.1. The highest BCUT2D eigenvalue weighted by Crippen LogP contribution is 2.38. The molecule has 1 aromatic rings. The van der Waals surface area contributed by atoms with Crippen LogP contribution in [-0.2, 0) is 0 Å². The second-order valence-corrected chi connectivity index (χ2v) is 4.68. The van der Waals surface area contributed by atoms with Crippen molar-refractivity contribution in [2.24, 2.45) is 5.73 Å². The minimum atomic E-state index is -0.454. The maximum absolute atomic E-state index is 9.31. The van der Waals surface area contributed by atoms with Gasteiger partial charge in [0.15, 0.2) is 0 Å². The fourth-order valence-electron chi connectivity index (χ4n) is 2.16. The van der Waals surface area contributed by atoms with E-state index in [1.54, 1.807) is 0 Å². The molecule has 4 nitrogen and oxygen atoms in total. The van der Waals surface area contributed by atoms with Gasteiger partial charge in [-0.15, -0.1) is 12.6 Å². The van der Waals surface area contributed by atoms with E-state index < -0.39 is 5.92 Å². The van der Waals surface area contributed by atoms with Gasteiger partial charge in [-0.2, -0.15) is 10.5 Å². The highest BCUT2D eigenvalue weighted by atomic mass is 32.1. The molecule has 2 rings (SSSR count). The van der Waals surface area contributed by atoms with Gasteiger partial charge in [-0.25, -0.2) is 0 Å². The number of rotatable bonds is 1. The predicted molar refractivity (Wildman–Crippen MR) is 75.5 cm³/mol. The summed E-state index contributed by atoms with van der Waals surface area (Å²) in [5.41, 5.74) is 8.48. The lowest BCUT2D eigenvalue weighted by Crippen LogP contribution is -2.28. The zero-order valence-electron chi connectivity index (χ0n) is 10.3. The maximum atomic E-state index is 9.31. The molecule has 0 aliphatic carbocycles. The number of hydrogen-bond acceptors (Lipinski definition) is 5. The van der Waals surface area contributed by atoms with E-state index in [1.165, 1.54) is 0 Å². The standard InChI is InChI=1S/C14H12N4S/c1-8-4-2-3-5-9(8)12-10(6-15)13(17)18-14(19)11(12)7-16/h2-5,12,18-19H,17H2,1H3. The van der Waals surface area contributed by atoms with Crippen LogP contribution in [-0.4, -0.2) is 0 Å². The van der Waals surface area contributed by atoms with Gasteiger partial charge in [0.1, 0.15) is 5.82 Å². The first-order chi connectivity index (χ1) is 9.10. The van der Waals surface area contributed by atoms with Crippen LogP contribution in [0.1, 0.15) is 17.0 Å². The third-order valence-corrected chi connectivity index (χ3v) is 3.47. The molecule has 1 aliphatic rings. The van der Waals surface area contributed by atoms with Crippen molar-refractivity contribution in [2.75, 3.05) is 0 Å². The first-order valence-corrected chi connectivity index (χ1v) is 6.10. The van der Waals surface area contributed by atoms with Gasteiger partial charge < -0.3 is 11.1 Å². The summed E-state index contributed by atoms with van der Waals surface area (Å²) >= 11 is 4.24. The van der Waals surface area contributed by atoms with Crippen molar-refractivity contribution in [1.82, 2.24) is 5.32 Å². The Morgan fingerprint density at radius 2 is 1.84 bits per heavy atom. The Labute approximate surface area is 117 Å². The molecular formula is C14H12N4S. The van der Waals surface area contributed by atoms with Gasteiger partial charge in [-0.3, -0.25) is 0 Å². The number of dihydropyridines is 1. The van der Waals surface area contributed by atoms with Gasteiger partial charge in [0.25, 0.3) is 0 Å². The molecule has 0 saturated heterocycles. The Bertz CT molecular complexity index is 637. The molecule has 1 atom stereocenters. The number of thiol groups is 1. The molecule has 3 N–H and O–H groups in total. The summed E-state index contributed by atoms with van der Waals surface area (Å²) in [6.45, 7) is 1.94. The minimum absolute atomic E-state index is 0.250. The molecule has 1 unspecified atom stereocenters. The molecule has 0 spiro atoms. The fourth-order valence-corrected chi connectivity index (χ4v) is 2.46. The Morgan fingerprint density at radius 3 is 2.42 bits per heavy atom. The molecule has 5 heteroatoms. The highest BCUT2D eigenvalue weighted by Gasteiger charge is 2.31. The SMILES string of the molecule is Cc1ccccc1C1C(C#N)=C(N)NC(S)=C1C#N. The second kappa shape index (κ2) is 5.09. The van der Waals surface area contributed by atoms with Gasteiger partial charge in [-0.05, 0) is 18.1 Å². The summed E-state index contributed by atoms with van der Waals surface area (Å²) in [5.74, 6) is -0.204. The van der Waals surface area contributed by atoms with Crippen LogP contribution in [0.4, 0.5) is 0 Å². The van der Waals surface area contributed by atoms with Crippen molar-refractivity contribution < 1.29 is 0 Å². The third kappa shape index (κ3) is 2.16. The average molecular weight is 268 g/mol. The maximum Gasteiger partial charge on any atom is 0.116 e. The monoisotopic (exact) mass is 268 g/mol. The Morgan fingerprint density at radius 1 is 1.21 bits per heavy atom. The normalized spacial score (nSPS) is 18.6. The molecule has 94 valence electrons. The van der Waals surface area contributed by atoms with E-state index in [4.69, 9.17) is 5.73 Å². The van der Waals surface area contributed by atoms with Gasteiger partial charge in [-0.1, -0.05) is 24.3 Å². The van der Waals surface area contributed by atoms with Crippen molar-refractivity contribution in [2.45, 2.75) is 12.8 Å². The Kier molecular flexibility index (Phi) is 3.50. The van der Waals surface area contributed by atoms with Gasteiger partial charge in [0.05, 0.1) is 34.2 Å². The second-order valence-electron chi connectivity index (χ2n) is 4.23. The van der Waals surface area contributed by atoms with E-state index >= 15 is 0 Å². The summed E-state index contributed by atoms with van der Waals surface area (Å²) in [6.07, 6.45) is 0. The number of nitriles is 2. The Hall–Kier alpha value is -2.37. The van der Waals surface area contributed by atoms with Crippen molar-refractivity contribution in [3.8, 4) is 12.1 Å². The summed E-state index contributed by atoms with van der Waals surface area (Å²) in [4.78, 5) is 0. The van der Waals surface area contributed by atoms with Crippen LogP contribution in [0.25, 0.3) is 0 Å². The number of benzene rings is 1. The molecule has 1 aliphatic heterocycles. The molecule has 0 bridgehead atoms.